The molecule has 4 fully saturated rings. The quantitative estimate of drug-likeness (QED) is 0.633. The van der Waals surface area contributed by atoms with Gasteiger partial charge in [-0.2, -0.15) is 0 Å². The van der Waals surface area contributed by atoms with Crippen LogP contribution in [0.3, 0.4) is 0 Å². The van der Waals surface area contributed by atoms with Gasteiger partial charge < -0.3 is 9.80 Å². The highest BCUT2D eigenvalue weighted by Gasteiger charge is 2.41. The highest BCUT2D eigenvalue weighted by molar-refractivity contribution is 6.43. The zero-order chi connectivity index (χ0) is 24.3. The second kappa shape index (κ2) is 8.80. The summed E-state index contributed by atoms with van der Waals surface area (Å²) in [6, 6.07) is 12.1. The Morgan fingerprint density at radius 1 is 0.943 bits per heavy atom. The molecule has 0 radical (unpaired) electrons. The second-order valence-electron chi connectivity index (χ2n) is 9.93. The van der Waals surface area contributed by atoms with Gasteiger partial charge in [0.05, 0.1) is 15.7 Å². The van der Waals surface area contributed by atoms with Gasteiger partial charge in [-0.1, -0.05) is 41.4 Å². The molecule has 9 heteroatoms. The van der Waals surface area contributed by atoms with Crippen molar-refractivity contribution < 1.29 is 14.4 Å². The molecular weight excluding hydrogens is 487 g/mol. The number of rotatable bonds is 4. The molecule has 182 valence electrons. The third-order valence-electron chi connectivity index (χ3n) is 7.86. The molecule has 7 rings (SSSR count). The molecule has 0 aromatic heterocycles. The molecule has 0 aliphatic carbocycles. The van der Waals surface area contributed by atoms with Crippen LogP contribution in [0.4, 0.5) is 5.69 Å². The van der Waals surface area contributed by atoms with Crippen LogP contribution in [0.25, 0.3) is 0 Å². The Morgan fingerprint density at radius 2 is 1.77 bits per heavy atom. The van der Waals surface area contributed by atoms with E-state index in [0.29, 0.717) is 40.7 Å². The minimum absolute atomic E-state index is 0.132. The van der Waals surface area contributed by atoms with Crippen LogP contribution in [0.5, 0.6) is 0 Å². The SMILES string of the molecule is O=C1CCC(N2Cc3cc(CN4CC5CCC4CN5c4cccc(Cl)c4Cl)ccc3C2=O)C(=O)N1. The first-order valence-electron chi connectivity index (χ1n) is 12.1. The molecule has 2 aromatic carbocycles. The smallest absolute Gasteiger partial charge is 0.255 e. The summed E-state index contributed by atoms with van der Waals surface area (Å²) < 4.78 is 0. The first-order valence-corrected chi connectivity index (χ1v) is 12.9. The summed E-state index contributed by atoms with van der Waals surface area (Å²) in [7, 11) is 0. The van der Waals surface area contributed by atoms with Gasteiger partial charge in [-0.3, -0.25) is 24.6 Å². The van der Waals surface area contributed by atoms with E-state index in [-0.39, 0.29) is 24.1 Å². The van der Waals surface area contributed by atoms with Crippen molar-refractivity contribution in [1.82, 2.24) is 15.1 Å². The highest BCUT2D eigenvalue weighted by atomic mass is 35.5. The molecule has 4 saturated heterocycles. The Bertz CT molecular complexity index is 1240. The zero-order valence-electron chi connectivity index (χ0n) is 19.2. The predicted octanol–water partition coefficient (Wildman–Crippen LogP) is 3.61. The number of amides is 3. The van der Waals surface area contributed by atoms with Gasteiger partial charge in [0, 0.05) is 50.2 Å². The van der Waals surface area contributed by atoms with E-state index in [1.807, 2.05) is 30.3 Å². The summed E-state index contributed by atoms with van der Waals surface area (Å²) in [6.07, 6.45) is 2.91. The Kier molecular flexibility index (Phi) is 5.74. The van der Waals surface area contributed by atoms with Crippen LogP contribution in [0.2, 0.25) is 10.0 Å². The Morgan fingerprint density at radius 3 is 2.54 bits per heavy atom. The molecule has 0 saturated carbocycles. The second-order valence-corrected chi connectivity index (χ2v) is 10.7. The average Bonchev–Trinajstić information content (AvgIpc) is 3.17. The Labute approximate surface area is 213 Å². The number of benzene rings is 2. The van der Waals surface area contributed by atoms with E-state index in [9.17, 15) is 14.4 Å². The fourth-order valence-electron chi connectivity index (χ4n) is 6.08. The van der Waals surface area contributed by atoms with Crippen molar-refractivity contribution in [3.05, 3.63) is 63.1 Å². The van der Waals surface area contributed by atoms with Crippen molar-refractivity contribution >= 4 is 46.6 Å². The van der Waals surface area contributed by atoms with E-state index in [4.69, 9.17) is 23.2 Å². The van der Waals surface area contributed by atoms with E-state index < -0.39 is 6.04 Å². The number of nitrogens with zero attached hydrogens (tertiary/aromatic N) is 3. The minimum Gasteiger partial charge on any atom is -0.364 e. The summed E-state index contributed by atoms with van der Waals surface area (Å²) in [5, 5.41) is 3.57. The van der Waals surface area contributed by atoms with Gasteiger partial charge in [-0.05, 0) is 48.6 Å². The number of anilines is 1. The van der Waals surface area contributed by atoms with Gasteiger partial charge in [-0.15, -0.1) is 0 Å². The van der Waals surface area contributed by atoms with E-state index >= 15 is 0 Å². The molecule has 3 atom stereocenters. The van der Waals surface area contributed by atoms with Crippen molar-refractivity contribution in [3.8, 4) is 0 Å². The number of hydrogen-bond donors (Lipinski definition) is 1. The summed E-state index contributed by atoms with van der Waals surface area (Å²) in [5.41, 5.74) is 3.78. The molecule has 35 heavy (non-hydrogen) atoms. The number of carbonyl (C=O) groups is 3. The van der Waals surface area contributed by atoms with E-state index in [0.717, 1.165) is 43.7 Å². The molecule has 2 bridgehead atoms. The van der Waals surface area contributed by atoms with Crippen molar-refractivity contribution in [1.29, 1.82) is 0 Å². The number of piperidine rings is 3. The molecule has 5 aliphatic rings. The van der Waals surface area contributed by atoms with Crippen LogP contribution in [0.1, 0.15) is 47.2 Å². The summed E-state index contributed by atoms with van der Waals surface area (Å²) in [4.78, 5) is 43.3. The van der Waals surface area contributed by atoms with Crippen molar-refractivity contribution in [2.75, 3.05) is 18.0 Å². The zero-order valence-corrected chi connectivity index (χ0v) is 20.7. The molecular formula is C26H26Cl2N4O3. The molecule has 1 N–H and O–H groups in total. The maximum atomic E-state index is 13.0. The van der Waals surface area contributed by atoms with Crippen LogP contribution in [0.15, 0.2) is 36.4 Å². The topological polar surface area (TPSA) is 73.0 Å². The number of nitrogens with one attached hydrogen (secondary N) is 1. The lowest BCUT2D eigenvalue weighted by Crippen LogP contribution is -2.62. The summed E-state index contributed by atoms with van der Waals surface area (Å²) in [5.74, 6) is -0.784. The predicted molar refractivity (Wildman–Crippen MR) is 134 cm³/mol. The van der Waals surface area contributed by atoms with Crippen LogP contribution in [-0.2, 0) is 22.7 Å². The lowest BCUT2D eigenvalue weighted by molar-refractivity contribution is -0.136. The molecule has 5 heterocycles. The minimum atomic E-state index is -0.585. The molecule has 3 unspecified atom stereocenters. The monoisotopic (exact) mass is 512 g/mol. The molecule has 5 aliphatic heterocycles. The van der Waals surface area contributed by atoms with Gasteiger partial charge in [0.15, 0.2) is 0 Å². The van der Waals surface area contributed by atoms with Gasteiger partial charge in [-0.25, -0.2) is 0 Å². The lowest BCUT2D eigenvalue weighted by atomic mass is 9.89. The number of hydrogen-bond acceptors (Lipinski definition) is 5. The number of piperazine rings is 1. The maximum Gasteiger partial charge on any atom is 0.255 e. The Balaban J connectivity index is 1.15. The van der Waals surface area contributed by atoms with Crippen LogP contribution >= 0.6 is 23.2 Å². The molecule has 3 amide bonds. The standard InChI is InChI=1S/C26H26Cl2N4O3/c27-20-2-1-3-21(24(20)28)31-14-17-5-6-18(31)13-30(17)11-15-4-7-19-16(10-15)12-32(26(19)35)22-8-9-23(33)29-25(22)34/h1-4,7,10,17-18,22H,5-6,8-9,11-14H2,(H,29,33,34). The van der Waals surface area contributed by atoms with Crippen molar-refractivity contribution in [2.45, 2.75) is 56.9 Å². The fraction of sp³-hybridized carbons (Fsp3) is 0.423. The van der Waals surface area contributed by atoms with Crippen molar-refractivity contribution in [3.63, 3.8) is 0 Å². The normalized spacial score (nSPS) is 26.3. The van der Waals surface area contributed by atoms with Gasteiger partial charge >= 0.3 is 0 Å². The lowest BCUT2D eigenvalue weighted by Gasteiger charge is -2.52. The summed E-state index contributed by atoms with van der Waals surface area (Å²) in [6.45, 7) is 3.09. The van der Waals surface area contributed by atoms with E-state index in [2.05, 4.69) is 21.2 Å². The van der Waals surface area contributed by atoms with Crippen molar-refractivity contribution in [2.24, 2.45) is 0 Å². The first-order chi connectivity index (χ1) is 16.9. The third-order valence-corrected chi connectivity index (χ3v) is 8.67. The van der Waals surface area contributed by atoms with Crippen LogP contribution in [0, 0.1) is 0 Å². The number of fused-ring (bicyclic) bond motifs is 4. The average molecular weight is 513 g/mol. The Hall–Kier alpha value is -2.61. The van der Waals surface area contributed by atoms with E-state index in [1.54, 1.807) is 4.90 Å². The van der Waals surface area contributed by atoms with Gasteiger partial charge in [0.25, 0.3) is 5.91 Å². The van der Waals surface area contributed by atoms with Crippen LogP contribution < -0.4 is 10.2 Å². The summed E-state index contributed by atoms with van der Waals surface area (Å²) >= 11 is 12.8. The van der Waals surface area contributed by atoms with Crippen LogP contribution in [-0.4, -0.2) is 58.7 Å². The molecule has 7 nitrogen and oxygen atoms in total. The maximum absolute atomic E-state index is 13.0. The number of carbonyl (C=O) groups excluding carboxylic acids is 3. The largest absolute Gasteiger partial charge is 0.364 e. The highest BCUT2D eigenvalue weighted by Crippen LogP contribution is 2.39. The van der Waals surface area contributed by atoms with E-state index in [1.165, 1.54) is 5.56 Å². The van der Waals surface area contributed by atoms with Gasteiger partial charge in [0.1, 0.15) is 6.04 Å². The fourth-order valence-corrected chi connectivity index (χ4v) is 6.48. The molecule has 0 spiro atoms. The number of halogens is 2. The molecule has 2 aromatic rings. The number of imide groups is 1. The third kappa shape index (κ3) is 3.99. The van der Waals surface area contributed by atoms with Gasteiger partial charge in [0.2, 0.25) is 11.8 Å². The first kappa shape index (κ1) is 22.8.